The maximum absolute atomic E-state index is 12.8. The number of sulfonamides is 1. The van der Waals surface area contributed by atoms with Gasteiger partial charge in [0.2, 0.25) is 5.91 Å². The largest absolute Gasteiger partial charge is 0.302 e. The van der Waals surface area contributed by atoms with E-state index in [1.165, 1.54) is 26.1 Å². The first-order chi connectivity index (χ1) is 14.5. The summed E-state index contributed by atoms with van der Waals surface area (Å²) in [6, 6.07) is 11.6. The van der Waals surface area contributed by atoms with E-state index in [1.807, 2.05) is 12.1 Å². The molecule has 0 saturated carbocycles. The molecule has 0 bridgehead atoms. The molecular formula is C21H21N3O3S3. The number of benzene rings is 1. The van der Waals surface area contributed by atoms with Gasteiger partial charge in [-0.25, -0.2) is 13.4 Å². The summed E-state index contributed by atoms with van der Waals surface area (Å²) < 4.78 is 27.2. The lowest BCUT2D eigenvalue weighted by atomic mass is 9.94. The quantitative estimate of drug-likeness (QED) is 0.639. The lowest BCUT2D eigenvalue weighted by molar-refractivity contribution is -0.120. The maximum Gasteiger partial charge on any atom is 0.252 e. The average molecular weight is 460 g/mol. The van der Waals surface area contributed by atoms with Crippen LogP contribution in [0.3, 0.4) is 0 Å². The zero-order valence-corrected chi connectivity index (χ0v) is 18.7. The topological polar surface area (TPSA) is 79.4 Å². The van der Waals surface area contributed by atoms with E-state index in [2.05, 4.69) is 17.4 Å². The summed E-state index contributed by atoms with van der Waals surface area (Å²) in [5, 5.41) is 5.38. The number of piperidine rings is 1. The molecule has 0 spiro atoms. The van der Waals surface area contributed by atoms with Gasteiger partial charge >= 0.3 is 0 Å². The number of anilines is 1. The van der Waals surface area contributed by atoms with Crippen LogP contribution >= 0.6 is 22.7 Å². The molecule has 2 aliphatic rings. The molecule has 3 heterocycles. The van der Waals surface area contributed by atoms with Crippen LogP contribution in [0.25, 0.3) is 11.3 Å². The van der Waals surface area contributed by atoms with Crippen molar-refractivity contribution in [1.29, 1.82) is 0 Å². The monoisotopic (exact) mass is 459 g/mol. The predicted octanol–water partition coefficient (Wildman–Crippen LogP) is 4.01. The molecule has 9 heteroatoms. The minimum Gasteiger partial charge on any atom is -0.302 e. The van der Waals surface area contributed by atoms with E-state index in [9.17, 15) is 13.2 Å². The number of thiazole rings is 1. The number of amides is 1. The van der Waals surface area contributed by atoms with E-state index >= 15 is 0 Å². The number of aryl methyl sites for hydroxylation is 2. The number of nitrogens with one attached hydrogen (secondary N) is 1. The van der Waals surface area contributed by atoms with Crippen molar-refractivity contribution in [3.05, 3.63) is 52.2 Å². The summed E-state index contributed by atoms with van der Waals surface area (Å²) in [5.74, 6) is -0.268. The number of hydrogen-bond acceptors (Lipinski definition) is 6. The highest BCUT2D eigenvalue weighted by molar-refractivity contribution is 7.91. The maximum atomic E-state index is 12.8. The molecule has 0 unspecified atom stereocenters. The predicted molar refractivity (Wildman–Crippen MR) is 119 cm³/mol. The molecule has 1 aliphatic carbocycles. The summed E-state index contributed by atoms with van der Waals surface area (Å²) >= 11 is 2.77. The Morgan fingerprint density at radius 3 is 2.67 bits per heavy atom. The number of carbonyl (C=O) groups excluding carboxylic acids is 1. The summed E-state index contributed by atoms with van der Waals surface area (Å²) in [4.78, 5) is 18.7. The van der Waals surface area contributed by atoms with Gasteiger partial charge in [0.15, 0.2) is 5.13 Å². The van der Waals surface area contributed by atoms with Gasteiger partial charge in [0.05, 0.1) is 5.69 Å². The van der Waals surface area contributed by atoms with Crippen molar-refractivity contribution in [1.82, 2.24) is 9.29 Å². The van der Waals surface area contributed by atoms with Gasteiger partial charge in [0, 0.05) is 29.4 Å². The fraction of sp³-hybridized carbons (Fsp3) is 0.333. The van der Waals surface area contributed by atoms with Gasteiger partial charge in [-0.05, 0) is 42.7 Å². The van der Waals surface area contributed by atoms with Gasteiger partial charge in [0.25, 0.3) is 10.0 Å². The summed E-state index contributed by atoms with van der Waals surface area (Å²) in [7, 11) is -3.45. The molecule has 1 amide bonds. The van der Waals surface area contributed by atoms with E-state index in [0.29, 0.717) is 35.3 Å². The van der Waals surface area contributed by atoms with Crippen LogP contribution in [-0.2, 0) is 27.7 Å². The third kappa shape index (κ3) is 3.60. The molecule has 6 nitrogen and oxygen atoms in total. The van der Waals surface area contributed by atoms with Crippen LogP contribution in [0.4, 0.5) is 5.13 Å². The second-order valence-corrected chi connectivity index (χ2v) is 11.7. The smallest absolute Gasteiger partial charge is 0.252 e. The van der Waals surface area contributed by atoms with Crippen molar-refractivity contribution in [3.8, 4) is 11.3 Å². The Labute approximate surface area is 183 Å². The summed E-state index contributed by atoms with van der Waals surface area (Å²) in [6.07, 6.45) is 2.98. The third-order valence-electron chi connectivity index (χ3n) is 5.74. The zero-order valence-electron chi connectivity index (χ0n) is 16.2. The molecule has 0 radical (unpaired) electrons. The number of nitrogens with zero attached hydrogens (tertiary/aromatic N) is 2. The van der Waals surface area contributed by atoms with Gasteiger partial charge in [-0.2, -0.15) is 4.31 Å². The van der Waals surface area contributed by atoms with Gasteiger partial charge in [-0.15, -0.1) is 22.7 Å². The van der Waals surface area contributed by atoms with Crippen molar-refractivity contribution in [2.75, 3.05) is 18.4 Å². The van der Waals surface area contributed by atoms with Gasteiger partial charge < -0.3 is 5.32 Å². The molecule has 1 aromatic carbocycles. The van der Waals surface area contributed by atoms with Crippen LogP contribution in [0.2, 0.25) is 0 Å². The van der Waals surface area contributed by atoms with Crippen LogP contribution in [-0.4, -0.2) is 36.7 Å². The van der Waals surface area contributed by atoms with Gasteiger partial charge in [-0.3, -0.25) is 4.79 Å². The molecule has 2 aromatic heterocycles. The third-order valence-corrected chi connectivity index (χ3v) is 10.0. The molecule has 5 rings (SSSR count). The lowest BCUT2D eigenvalue weighted by Gasteiger charge is -2.29. The van der Waals surface area contributed by atoms with Crippen molar-refractivity contribution in [3.63, 3.8) is 0 Å². The van der Waals surface area contributed by atoms with Crippen molar-refractivity contribution >= 4 is 43.7 Å². The van der Waals surface area contributed by atoms with Crippen LogP contribution < -0.4 is 5.32 Å². The first kappa shape index (κ1) is 19.9. The van der Waals surface area contributed by atoms with E-state index in [0.717, 1.165) is 24.1 Å². The van der Waals surface area contributed by atoms with Crippen LogP contribution in [0.1, 0.15) is 23.3 Å². The number of rotatable bonds is 4. The highest BCUT2D eigenvalue weighted by Gasteiger charge is 2.33. The fourth-order valence-electron chi connectivity index (χ4n) is 4.11. The number of carbonyl (C=O) groups is 1. The number of hydrogen-bond donors (Lipinski definition) is 1. The normalized spacial score (nSPS) is 17.3. The molecule has 1 fully saturated rings. The number of fused-ring (bicyclic) bond motifs is 3. The first-order valence-corrected chi connectivity index (χ1v) is 13.1. The molecule has 30 heavy (non-hydrogen) atoms. The van der Waals surface area contributed by atoms with E-state index in [1.54, 1.807) is 28.8 Å². The Kier molecular flexibility index (Phi) is 5.22. The zero-order chi connectivity index (χ0) is 20.7. The lowest BCUT2D eigenvalue weighted by Crippen LogP contribution is -2.41. The summed E-state index contributed by atoms with van der Waals surface area (Å²) in [6.45, 7) is 0.722. The Morgan fingerprint density at radius 2 is 1.90 bits per heavy atom. The van der Waals surface area contributed by atoms with Crippen LogP contribution in [0.5, 0.6) is 0 Å². The average Bonchev–Trinajstić information content (AvgIpc) is 3.44. The number of thiophene rings is 1. The summed E-state index contributed by atoms with van der Waals surface area (Å²) in [5.41, 5.74) is 3.43. The highest BCUT2D eigenvalue weighted by atomic mass is 32.2. The molecule has 0 atom stereocenters. The molecule has 1 saturated heterocycles. The molecule has 1 aliphatic heterocycles. The minimum atomic E-state index is -3.45. The Hall–Kier alpha value is -2.07. The first-order valence-electron chi connectivity index (χ1n) is 9.95. The van der Waals surface area contributed by atoms with Crippen molar-refractivity contribution < 1.29 is 13.2 Å². The van der Waals surface area contributed by atoms with Crippen molar-refractivity contribution in [2.24, 2.45) is 5.92 Å². The van der Waals surface area contributed by atoms with Crippen molar-refractivity contribution in [2.45, 2.75) is 29.9 Å². The Morgan fingerprint density at radius 1 is 1.10 bits per heavy atom. The van der Waals surface area contributed by atoms with E-state index in [4.69, 9.17) is 4.98 Å². The molecule has 1 N–H and O–H groups in total. The Balaban J connectivity index is 1.24. The minimum absolute atomic E-state index is 0.0671. The second-order valence-electron chi connectivity index (χ2n) is 7.55. The molecular weight excluding hydrogens is 438 g/mol. The van der Waals surface area contributed by atoms with Gasteiger partial charge in [-0.1, -0.05) is 30.3 Å². The van der Waals surface area contributed by atoms with Crippen LogP contribution in [0.15, 0.2) is 46.0 Å². The molecule has 3 aromatic rings. The second kappa shape index (κ2) is 7.88. The number of aromatic nitrogens is 1. The van der Waals surface area contributed by atoms with E-state index in [-0.39, 0.29) is 11.8 Å². The highest BCUT2D eigenvalue weighted by Crippen LogP contribution is 2.38. The van der Waals surface area contributed by atoms with Gasteiger partial charge in [0.1, 0.15) is 4.21 Å². The fourth-order valence-corrected chi connectivity index (χ4v) is 7.70. The van der Waals surface area contributed by atoms with Crippen LogP contribution in [0, 0.1) is 5.92 Å². The van der Waals surface area contributed by atoms with E-state index < -0.39 is 10.0 Å². The SMILES string of the molecule is O=C(Nc1nc2c(s1)CCc1ccccc1-2)C1CCN(S(=O)(=O)c2cccs2)CC1. The standard InChI is InChI=1S/C21H21N3O3S3/c25-20(15-9-11-24(12-10-15)30(26,27)18-6-3-13-28-18)23-21-22-19-16-5-2-1-4-14(16)7-8-17(19)29-21/h1-6,13,15H,7-12H2,(H,22,23,25). The molecule has 156 valence electrons. The Bertz CT molecular complexity index is 1180.